The second kappa shape index (κ2) is 12.6. The Kier molecular flexibility index (Phi) is 10.2. The van der Waals surface area contributed by atoms with Crippen molar-refractivity contribution in [2.45, 2.75) is 58.2 Å². The van der Waals surface area contributed by atoms with Crippen LogP contribution in [0.3, 0.4) is 0 Å². The Hall–Kier alpha value is -2.99. The topological polar surface area (TPSA) is 158 Å². The van der Waals surface area contributed by atoms with Crippen LogP contribution in [0, 0.1) is 11.3 Å². The summed E-state index contributed by atoms with van der Waals surface area (Å²) in [5, 5.41) is 11.4. The zero-order valence-corrected chi connectivity index (χ0v) is 21.1. The minimum absolute atomic E-state index is 0.00551. The zero-order chi connectivity index (χ0) is 26.2. The maximum Gasteiger partial charge on any atom is 0.290 e. The highest BCUT2D eigenvalue weighted by atomic mass is 16.5. The van der Waals surface area contributed by atoms with Gasteiger partial charge in [0.15, 0.2) is 5.78 Å². The number of methoxy groups -OCH3 is 3. The lowest BCUT2D eigenvalue weighted by atomic mass is 9.91. The number of Topliss-reactive ketones (excluding diaryl/α,β-unsaturated/α-hetero) is 1. The Morgan fingerprint density at radius 2 is 1.51 bits per heavy atom. The number of aromatic nitrogens is 1. The molecular formula is C23H36N4O8. The molecule has 2 rings (SSSR count). The van der Waals surface area contributed by atoms with E-state index in [1.165, 1.54) is 27.4 Å². The highest BCUT2D eigenvalue weighted by molar-refractivity contribution is 5.98. The van der Waals surface area contributed by atoms with Crippen molar-refractivity contribution in [3.05, 3.63) is 11.8 Å². The number of carbonyl (C=O) groups is 4. The number of amides is 3. The molecule has 0 aliphatic heterocycles. The Balaban J connectivity index is 2.08. The van der Waals surface area contributed by atoms with Crippen LogP contribution in [0.2, 0.25) is 0 Å². The molecule has 1 aliphatic rings. The van der Waals surface area contributed by atoms with Gasteiger partial charge in [-0.3, -0.25) is 19.2 Å². The molecule has 12 heteroatoms. The van der Waals surface area contributed by atoms with E-state index in [0.29, 0.717) is 6.42 Å². The van der Waals surface area contributed by atoms with Gasteiger partial charge in [-0.1, -0.05) is 20.8 Å². The molecule has 0 bridgehead atoms. The summed E-state index contributed by atoms with van der Waals surface area (Å²) < 4.78 is 19.9. The number of ether oxygens (including phenoxy) is 3. The molecule has 0 spiro atoms. The largest absolute Gasteiger partial charge is 0.479 e. The van der Waals surface area contributed by atoms with Crippen molar-refractivity contribution in [2.75, 3.05) is 34.5 Å². The fourth-order valence-electron chi connectivity index (χ4n) is 3.49. The minimum Gasteiger partial charge on any atom is -0.479 e. The Bertz CT molecular complexity index is 896. The highest BCUT2D eigenvalue weighted by Crippen LogP contribution is 2.47. The van der Waals surface area contributed by atoms with Gasteiger partial charge in [-0.25, -0.2) is 0 Å². The Morgan fingerprint density at radius 1 is 0.971 bits per heavy atom. The van der Waals surface area contributed by atoms with Crippen molar-refractivity contribution in [2.24, 2.45) is 11.3 Å². The van der Waals surface area contributed by atoms with Gasteiger partial charge in [0.05, 0.1) is 32.4 Å². The molecule has 0 aromatic carbocycles. The van der Waals surface area contributed by atoms with Gasteiger partial charge in [0, 0.05) is 19.6 Å². The highest BCUT2D eigenvalue weighted by Gasteiger charge is 2.48. The summed E-state index contributed by atoms with van der Waals surface area (Å²) in [4.78, 5) is 51.4. The standard InChI is InChI=1S/C23H36N4O8/c1-13(2)9-14(19(28)23(3)7-8-23)24-20(29)15(11-32-4)25-21(30)16(12-33-5)26-22(31)17-10-18(34-6)27-35-17/h10,13-16H,7-9,11-12H2,1-6H3,(H,24,29)(H,25,30)(H,26,31)/t14-,15-,16-/m0/s1. The molecule has 1 aromatic heterocycles. The first kappa shape index (κ1) is 28.2. The summed E-state index contributed by atoms with van der Waals surface area (Å²) in [6.07, 6.45) is 2.07. The van der Waals surface area contributed by atoms with Gasteiger partial charge in [0.2, 0.25) is 17.6 Å². The summed E-state index contributed by atoms with van der Waals surface area (Å²) in [5.41, 5.74) is -0.413. The first-order valence-electron chi connectivity index (χ1n) is 11.5. The molecule has 1 saturated carbocycles. The molecule has 1 aliphatic carbocycles. The normalized spacial score (nSPS) is 16.7. The van der Waals surface area contributed by atoms with Crippen LogP contribution >= 0.6 is 0 Å². The van der Waals surface area contributed by atoms with Gasteiger partial charge in [0.25, 0.3) is 11.8 Å². The van der Waals surface area contributed by atoms with E-state index in [4.69, 9.17) is 18.7 Å². The van der Waals surface area contributed by atoms with Gasteiger partial charge in [0.1, 0.15) is 12.1 Å². The second-order valence-corrected chi connectivity index (χ2v) is 9.35. The molecule has 3 atom stereocenters. The maximum absolute atomic E-state index is 13.1. The molecule has 12 nitrogen and oxygen atoms in total. The molecule has 0 radical (unpaired) electrons. The molecule has 0 saturated heterocycles. The van der Waals surface area contributed by atoms with Crippen molar-refractivity contribution in [1.82, 2.24) is 21.1 Å². The lowest BCUT2D eigenvalue weighted by Crippen LogP contribution is -2.58. The van der Waals surface area contributed by atoms with Crippen LogP contribution in [0.5, 0.6) is 5.88 Å². The van der Waals surface area contributed by atoms with Gasteiger partial charge in [-0.2, -0.15) is 0 Å². The smallest absolute Gasteiger partial charge is 0.290 e. The van der Waals surface area contributed by atoms with Gasteiger partial charge in [-0.15, -0.1) is 0 Å². The third kappa shape index (κ3) is 8.03. The number of hydrogen-bond donors (Lipinski definition) is 3. The van der Waals surface area contributed by atoms with Crippen LogP contribution in [-0.2, 0) is 23.9 Å². The molecule has 1 aromatic rings. The number of rotatable bonds is 15. The first-order valence-corrected chi connectivity index (χ1v) is 11.5. The van der Waals surface area contributed by atoms with E-state index >= 15 is 0 Å². The van der Waals surface area contributed by atoms with Gasteiger partial charge < -0.3 is 34.7 Å². The summed E-state index contributed by atoms with van der Waals surface area (Å²) in [7, 11) is 4.12. The van der Waals surface area contributed by atoms with Gasteiger partial charge >= 0.3 is 0 Å². The molecular weight excluding hydrogens is 460 g/mol. The number of carbonyl (C=O) groups excluding carboxylic acids is 4. The van der Waals surface area contributed by atoms with Crippen LogP contribution in [0.4, 0.5) is 0 Å². The van der Waals surface area contributed by atoms with Crippen LogP contribution in [0.25, 0.3) is 0 Å². The SMILES string of the molecule is COC[C@H](NC(=O)c1cc(OC)no1)C(=O)N[C@@H](COC)C(=O)N[C@@H](CC(C)C)C(=O)C1(C)CC1. The summed E-state index contributed by atoms with van der Waals surface area (Å²) in [5.74, 6) is -1.83. The Morgan fingerprint density at radius 3 is 1.97 bits per heavy atom. The fourth-order valence-corrected chi connectivity index (χ4v) is 3.49. The van der Waals surface area contributed by atoms with Crippen molar-refractivity contribution >= 4 is 23.5 Å². The number of ketones is 1. The van der Waals surface area contributed by atoms with E-state index in [1.54, 1.807) is 0 Å². The maximum atomic E-state index is 13.1. The zero-order valence-electron chi connectivity index (χ0n) is 21.1. The molecule has 1 heterocycles. The summed E-state index contributed by atoms with van der Waals surface area (Å²) >= 11 is 0. The summed E-state index contributed by atoms with van der Waals surface area (Å²) in [6.45, 7) is 5.53. The third-order valence-electron chi connectivity index (χ3n) is 5.78. The predicted octanol–water partition coefficient (Wildman–Crippen LogP) is 0.459. The van der Waals surface area contributed by atoms with Gasteiger partial charge in [-0.05, 0) is 30.3 Å². The van der Waals surface area contributed by atoms with Crippen LogP contribution in [0.1, 0.15) is 50.6 Å². The monoisotopic (exact) mass is 496 g/mol. The van der Waals surface area contributed by atoms with E-state index in [1.807, 2.05) is 20.8 Å². The molecule has 35 heavy (non-hydrogen) atoms. The molecule has 3 amide bonds. The van der Waals surface area contributed by atoms with Crippen LogP contribution in [0.15, 0.2) is 10.6 Å². The van der Waals surface area contributed by atoms with E-state index in [9.17, 15) is 19.2 Å². The minimum atomic E-state index is -1.14. The lowest BCUT2D eigenvalue weighted by molar-refractivity contribution is -0.134. The van der Waals surface area contributed by atoms with Crippen LogP contribution in [-0.4, -0.2) is 81.3 Å². The average Bonchev–Trinajstić information content (AvgIpc) is 3.37. The second-order valence-electron chi connectivity index (χ2n) is 9.35. The number of nitrogens with one attached hydrogen (secondary N) is 3. The molecule has 3 N–H and O–H groups in total. The molecule has 1 fully saturated rings. The van der Waals surface area contributed by atoms with Crippen molar-refractivity contribution in [3.8, 4) is 5.88 Å². The average molecular weight is 497 g/mol. The fraction of sp³-hybridized carbons (Fsp3) is 0.696. The first-order chi connectivity index (χ1) is 16.5. The van der Waals surface area contributed by atoms with Crippen molar-refractivity contribution in [3.63, 3.8) is 0 Å². The number of hydrogen-bond acceptors (Lipinski definition) is 9. The quantitative estimate of drug-likeness (QED) is 0.314. The third-order valence-corrected chi connectivity index (χ3v) is 5.78. The van der Waals surface area contributed by atoms with Crippen molar-refractivity contribution in [1.29, 1.82) is 0 Å². The van der Waals surface area contributed by atoms with Crippen LogP contribution < -0.4 is 20.7 Å². The van der Waals surface area contributed by atoms with Crippen molar-refractivity contribution < 1.29 is 37.9 Å². The van der Waals surface area contributed by atoms with E-state index in [0.717, 1.165) is 12.8 Å². The number of nitrogens with zero attached hydrogens (tertiary/aromatic N) is 1. The molecule has 196 valence electrons. The predicted molar refractivity (Wildman–Crippen MR) is 124 cm³/mol. The van der Waals surface area contributed by atoms with E-state index in [-0.39, 0.29) is 36.6 Å². The summed E-state index contributed by atoms with van der Waals surface area (Å²) in [6, 6.07) is -1.63. The van der Waals surface area contributed by atoms with E-state index < -0.39 is 41.3 Å². The molecule has 0 unspecified atom stereocenters. The lowest BCUT2D eigenvalue weighted by Gasteiger charge is -2.26. The van der Waals surface area contributed by atoms with E-state index in [2.05, 4.69) is 21.1 Å². The Labute approximate surface area is 204 Å².